The molecule has 1 aliphatic heterocycles. The monoisotopic (exact) mass is 2020 g/mol. The van der Waals surface area contributed by atoms with Gasteiger partial charge in [-0.2, -0.15) is 0 Å². The van der Waals surface area contributed by atoms with Crippen molar-refractivity contribution in [3.63, 3.8) is 0 Å². The number of rotatable bonds is 7. The van der Waals surface area contributed by atoms with E-state index in [-0.39, 0.29) is 150 Å². The number of alkyl halides is 2. The second-order valence-corrected chi connectivity index (χ2v) is 31.0. The van der Waals surface area contributed by atoms with Gasteiger partial charge < -0.3 is 59.8 Å². The molecule has 13 rings (SSSR count). The molecule has 5 N–H and O–H groups in total. The average Bonchev–Trinajstić information content (AvgIpc) is 1.66. The molecule has 12 aromatic rings. The van der Waals surface area contributed by atoms with Crippen LogP contribution in [0.25, 0.3) is 66.1 Å². The van der Waals surface area contributed by atoms with Crippen molar-refractivity contribution in [1.29, 1.82) is 0 Å². The van der Waals surface area contributed by atoms with Crippen molar-refractivity contribution < 1.29 is 181 Å². The van der Waals surface area contributed by atoms with E-state index in [0.717, 1.165) is 59.7 Å². The van der Waals surface area contributed by atoms with Crippen LogP contribution in [0.1, 0.15) is 21.7 Å². The van der Waals surface area contributed by atoms with Crippen molar-refractivity contribution in [2.45, 2.75) is 20.3 Å². The Kier molecular flexibility index (Phi) is 52.1. The number of ether oxygens (including phenoxy) is 3. The van der Waals surface area contributed by atoms with Crippen LogP contribution in [0.3, 0.4) is 0 Å². The Morgan fingerprint density at radius 3 is 1.32 bits per heavy atom. The second-order valence-electron chi connectivity index (χ2n) is 19.0. The molecule has 13 nitrogen and oxygen atoms in total. The van der Waals surface area contributed by atoms with Crippen LogP contribution in [0.5, 0.6) is 17.2 Å². The first-order valence-corrected chi connectivity index (χ1v) is 36.2. The Balaban J connectivity index is 0.00000114. The third-order valence-electron chi connectivity index (χ3n) is 12.7. The molecule has 0 atom stereocenters. The summed E-state index contributed by atoms with van der Waals surface area (Å²) in [6, 6.07) is 62.6. The fourth-order valence-corrected chi connectivity index (χ4v) is 10.1. The molecule has 2 aromatic heterocycles. The second kappa shape index (κ2) is 54.0. The molecule has 0 amide bonds. The van der Waals surface area contributed by atoms with Crippen LogP contribution in [0.2, 0.25) is 0 Å². The smallest absolute Gasteiger partial charge is 1.00 e. The van der Waals surface area contributed by atoms with Gasteiger partial charge in [-0.15, -0.1) is 70.5 Å². The maximum absolute atomic E-state index is 13.8. The molecule has 0 unspecified atom stereocenters. The first-order valence-electron chi connectivity index (χ1n) is 28.1. The van der Waals surface area contributed by atoms with Crippen LogP contribution in [0.4, 0.5) is 13.2 Å². The number of para-hydroxylation sites is 5. The normalized spacial score (nSPS) is 10.3. The van der Waals surface area contributed by atoms with Gasteiger partial charge in [-0.05, 0) is 138 Å². The van der Waals surface area contributed by atoms with Crippen LogP contribution in [-0.2, 0) is 14.4 Å². The van der Waals surface area contributed by atoms with E-state index < -0.39 is 14.2 Å². The summed E-state index contributed by atoms with van der Waals surface area (Å²) in [5.41, 5.74) is 6.38. The quantitative estimate of drug-likeness (QED) is 0.0192. The predicted octanol–water partition coefficient (Wildman–Crippen LogP) is 14.0. The summed E-state index contributed by atoms with van der Waals surface area (Å²) in [6.45, 7) is 1.82. The Labute approximate surface area is 748 Å². The Morgan fingerprint density at radius 1 is 0.520 bits per heavy atom. The van der Waals surface area contributed by atoms with Gasteiger partial charge >= 0.3 is 120 Å². The van der Waals surface area contributed by atoms with Crippen molar-refractivity contribution in [3.8, 4) is 39.5 Å². The van der Waals surface area contributed by atoms with Crippen molar-refractivity contribution in [2.75, 3.05) is 32.8 Å². The number of phenols is 1. The molecule has 31 heteroatoms. The van der Waals surface area contributed by atoms with Gasteiger partial charge in [0.2, 0.25) is 0 Å². The number of carbonyl (C=O) groups excluding carboxylic acids is 1. The fourth-order valence-electron chi connectivity index (χ4n) is 8.45. The van der Waals surface area contributed by atoms with Gasteiger partial charge in [0.05, 0.1) is 19.6 Å². The SMILES string of the molecule is BrB(Br)Br.Brc1ccc2c(c1)oc1ccccc12.C.C1CCOC1.COc1ccccc1-c1ccc(Br)cc1F.COc1ccccc1B(O)O.ClCCl.Fc1cc(Br)ccc1I.O=CO[O-].OB(O)c1ccc2c(c1)oc1ccccc12.Oc1ccccc1-c1ccc(Br)cc1F.[H-].[K+].[K+]. The summed E-state index contributed by atoms with van der Waals surface area (Å²) in [4.78, 5) is 11.2. The maximum Gasteiger partial charge on any atom is 1.00 e. The van der Waals surface area contributed by atoms with Gasteiger partial charge in [0.25, 0.3) is 6.47 Å². The van der Waals surface area contributed by atoms with Crippen LogP contribution in [0, 0.1) is 21.0 Å². The minimum atomic E-state index is -1.47. The van der Waals surface area contributed by atoms with Crippen molar-refractivity contribution in [1.82, 2.24) is 0 Å². The number of benzene rings is 10. The Bertz CT molecular complexity index is 4350. The summed E-state index contributed by atoms with van der Waals surface area (Å²) >= 11 is 33.8. The van der Waals surface area contributed by atoms with E-state index >= 15 is 0 Å². The van der Waals surface area contributed by atoms with Crippen molar-refractivity contribution >= 4 is 235 Å². The third kappa shape index (κ3) is 34.1. The summed E-state index contributed by atoms with van der Waals surface area (Å²) in [6.07, 6.45) is 2.56. The van der Waals surface area contributed by atoms with Gasteiger partial charge in [0.1, 0.15) is 57.0 Å². The third-order valence-corrected chi connectivity index (χ3v) is 15.5. The summed E-state index contributed by atoms with van der Waals surface area (Å²) < 4.78 is 70.4. The number of methoxy groups -OCH3 is 2. The fraction of sp³-hybridized carbons (Fsp3) is 0.116. The zero-order valence-corrected chi connectivity index (χ0v) is 74.0. The zero-order valence-electron chi connectivity index (χ0n) is 54.0. The molecule has 100 heavy (non-hydrogen) atoms. The average molecular weight is 2020 g/mol. The Morgan fingerprint density at radius 2 is 0.900 bits per heavy atom. The number of hydrogen-bond acceptors (Lipinski definition) is 13. The number of carbonyl (C=O) groups is 1. The largest absolute Gasteiger partial charge is 1.00 e. The van der Waals surface area contributed by atoms with Gasteiger partial charge in [-0.1, -0.05) is 186 Å². The summed E-state index contributed by atoms with van der Waals surface area (Å²) in [7, 11) is 0.139. The molecule has 518 valence electrons. The molecular weight excluding hydrogens is 1960 g/mol. The van der Waals surface area contributed by atoms with Crippen LogP contribution < -0.4 is 128 Å². The van der Waals surface area contributed by atoms with Gasteiger partial charge in [0.15, 0.2) is 0 Å². The number of phenolic OH excluding ortho intramolecular Hbond substituents is 1. The van der Waals surface area contributed by atoms with Crippen LogP contribution in [0.15, 0.2) is 239 Å². The maximum atomic E-state index is 13.8. The molecule has 10 aromatic carbocycles. The minimum Gasteiger partial charge on any atom is -1.00 e. The Hall–Kier alpha value is -1.64. The van der Waals surface area contributed by atoms with Gasteiger partial charge in [-0.25, -0.2) is 13.2 Å². The first-order chi connectivity index (χ1) is 46.5. The number of halogens is 13. The van der Waals surface area contributed by atoms with Gasteiger partial charge in [-0.3, -0.25) is 4.79 Å². The van der Waals surface area contributed by atoms with Crippen LogP contribution in [-0.4, -0.2) is 81.9 Å². The molecule has 1 fully saturated rings. The molecule has 3 heterocycles. The van der Waals surface area contributed by atoms with E-state index in [0.29, 0.717) is 52.7 Å². The molecule has 0 bridgehead atoms. The minimum absolute atomic E-state index is 0. The topological polar surface area (TPSA) is 204 Å². The molecule has 0 aliphatic carbocycles. The molecule has 1 saturated heterocycles. The molecule has 1 aliphatic rings. The summed E-state index contributed by atoms with van der Waals surface area (Å²) in [5.74, 6) is 0.444. The van der Waals surface area contributed by atoms with E-state index in [4.69, 9.17) is 76.4 Å². The first kappa shape index (κ1) is 96.4. The number of hydrogen-bond donors (Lipinski definition) is 5. The summed E-state index contributed by atoms with van der Waals surface area (Å²) in [5, 5.41) is 58.3. The van der Waals surface area contributed by atoms with Gasteiger partial charge in [0, 0.05) is 83.9 Å². The van der Waals surface area contributed by atoms with Crippen molar-refractivity contribution in [2.24, 2.45) is 0 Å². The standard InChI is InChI=1S/C13H10BrFO.C12H9BO3.C12H8BrFO.C12H7BrO.C7H9BO3.C6H3BrFI.C4H8O.CH2Cl2.CH2O3.CH4.BBr3.2K.H/c1-16-13-5-3-2-4-11(13)10-7-6-9(14)8-12(10)15;14-13(15)8-5-6-10-9-3-1-2-4-11(9)16-12(10)7-8;13-8-5-6-9(11(14)7-8)10-3-1-2-4-12(10)15;13-8-5-6-10-9-3-1-2-4-11(9)14-12(10)7-8;1-11-7-5-3-2-4-6(7)8(9)10;7-4-1-2-6(9)5(8)3-4;1-2-4-5-3-1;2-1-3;2-1-4-3;;2-1(3)4;;;/h2-8H,1H3;1-7,14-15H;1-7,15H;1-7H;2-5,9-10H,1H3;1-3H;1-4H2;1H2;1,3H;1H4;;;;/q;;;;;;;;;;;2*+1;-1/p-1. The number of aromatic hydroxyl groups is 1. The van der Waals surface area contributed by atoms with E-state index in [1.54, 1.807) is 86.0 Å². The molecule has 0 saturated carbocycles. The van der Waals surface area contributed by atoms with E-state index in [9.17, 15) is 18.3 Å². The van der Waals surface area contributed by atoms with E-state index in [1.807, 2.05) is 120 Å². The van der Waals surface area contributed by atoms with Crippen molar-refractivity contribution in [3.05, 3.63) is 251 Å². The predicted molar refractivity (Wildman–Crippen MR) is 426 cm³/mol. The molecule has 0 radical (unpaired) electrons. The molecule has 0 spiro atoms. The van der Waals surface area contributed by atoms with E-state index in [2.05, 4.69) is 128 Å². The van der Waals surface area contributed by atoms with E-state index in [1.165, 1.54) is 55.0 Å². The number of furan rings is 2. The molecular formula is C69H62B3Br7Cl2F3IK2O13. The zero-order chi connectivity index (χ0) is 71.4. The van der Waals surface area contributed by atoms with Crippen LogP contribution >= 0.6 is 157 Å². The number of fused-ring (bicyclic) bond motifs is 6.